The van der Waals surface area contributed by atoms with Gasteiger partial charge in [-0.3, -0.25) is 13.9 Å². The minimum atomic E-state index is -3.66. The maximum Gasteiger partial charge on any atom is 0.242 e. The van der Waals surface area contributed by atoms with Gasteiger partial charge >= 0.3 is 0 Å². The number of rotatable bonds is 14. The van der Waals surface area contributed by atoms with Crippen LogP contribution in [-0.2, 0) is 32.6 Å². The van der Waals surface area contributed by atoms with Crippen LogP contribution in [0.4, 0.5) is 5.69 Å². The summed E-state index contributed by atoms with van der Waals surface area (Å²) in [5.41, 5.74) is 2.03. The first-order chi connectivity index (χ1) is 19.2. The first-order valence-electron chi connectivity index (χ1n) is 13.1. The molecule has 0 saturated heterocycles. The number of halogens is 1. The van der Waals surface area contributed by atoms with Gasteiger partial charge in [0.15, 0.2) is 0 Å². The second kappa shape index (κ2) is 14.7. The fourth-order valence-electron chi connectivity index (χ4n) is 4.45. The average molecular weight is 586 g/mol. The molecule has 0 aromatic heterocycles. The van der Waals surface area contributed by atoms with Gasteiger partial charge in [-0.05, 0) is 42.7 Å². The first-order valence-corrected chi connectivity index (χ1v) is 15.4. The van der Waals surface area contributed by atoms with Crippen LogP contribution >= 0.6 is 11.6 Å². The minimum Gasteiger partial charge on any atom is -0.492 e. The molecule has 2 amide bonds. The fourth-order valence-corrected chi connectivity index (χ4v) is 5.62. The Morgan fingerprint density at radius 3 is 2.27 bits per heavy atom. The molecule has 0 fully saturated rings. The molecule has 8 nitrogen and oxygen atoms in total. The predicted molar refractivity (Wildman–Crippen MR) is 159 cm³/mol. The average Bonchev–Trinajstić information content (AvgIpc) is 2.94. The van der Waals surface area contributed by atoms with E-state index in [0.29, 0.717) is 35.1 Å². The summed E-state index contributed by atoms with van der Waals surface area (Å²) in [5.74, 6) is -0.131. The van der Waals surface area contributed by atoms with E-state index in [1.54, 1.807) is 36.4 Å². The highest BCUT2D eigenvalue weighted by molar-refractivity contribution is 7.92. The van der Waals surface area contributed by atoms with Gasteiger partial charge in [0.05, 0.1) is 18.6 Å². The third kappa shape index (κ3) is 8.47. The molecule has 0 saturated carbocycles. The van der Waals surface area contributed by atoms with Crippen molar-refractivity contribution in [2.24, 2.45) is 0 Å². The molecule has 1 N–H and O–H groups in total. The molecular weight excluding hydrogens is 550 g/mol. The molecule has 3 aromatic rings. The summed E-state index contributed by atoms with van der Waals surface area (Å²) in [7, 11) is -2.12. The van der Waals surface area contributed by atoms with Gasteiger partial charge in [-0.15, -0.1) is 0 Å². The van der Waals surface area contributed by atoms with Gasteiger partial charge in [-0.2, -0.15) is 0 Å². The van der Waals surface area contributed by atoms with Gasteiger partial charge in [0.25, 0.3) is 0 Å². The van der Waals surface area contributed by atoms with Crippen LogP contribution in [-0.4, -0.2) is 57.6 Å². The van der Waals surface area contributed by atoms with E-state index in [1.807, 2.05) is 49.4 Å². The molecule has 0 unspecified atom stereocenters. The number of nitrogens with zero attached hydrogens (tertiary/aromatic N) is 2. The van der Waals surface area contributed by atoms with Crippen molar-refractivity contribution < 1.29 is 22.7 Å². The number of carbonyl (C=O) groups excluding carboxylic acids is 2. The Hall–Kier alpha value is -3.56. The second-order valence-corrected chi connectivity index (χ2v) is 11.6. The number of para-hydroxylation sites is 2. The summed E-state index contributed by atoms with van der Waals surface area (Å²) < 4.78 is 32.3. The Kier molecular flexibility index (Phi) is 11.4. The molecule has 0 aliphatic carbocycles. The summed E-state index contributed by atoms with van der Waals surface area (Å²) in [5, 5.41) is 3.18. The van der Waals surface area contributed by atoms with Crippen molar-refractivity contribution in [3.63, 3.8) is 0 Å². The van der Waals surface area contributed by atoms with Gasteiger partial charge in [0.1, 0.15) is 11.8 Å². The van der Waals surface area contributed by atoms with Crippen molar-refractivity contribution in [1.82, 2.24) is 10.2 Å². The number of ether oxygens (including phenoxy) is 1. The third-order valence-corrected chi connectivity index (χ3v) is 7.95. The van der Waals surface area contributed by atoms with E-state index in [0.717, 1.165) is 11.8 Å². The summed E-state index contributed by atoms with van der Waals surface area (Å²) in [6.07, 6.45) is 1.70. The number of anilines is 1. The van der Waals surface area contributed by atoms with Gasteiger partial charge in [-0.1, -0.05) is 72.3 Å². The monoisotopic (exact) mass is 585 g/mol. The Morgan fingerprint density at radius 2 is 1.62 bits per heavy atom. The van der Waals surface area contributed by atoms with Gasteiger partial charge in [0, 0.05) is 38.0 Å². The summed E-state index contributed by atoms with van der Waals surface area (Å²) in [6, 6.07) is 22.8. The van der Waals surface area contributed by atoms with Crippen molar-refractivity contribution in [2.75, 3.05) is 30.8 Å². The summed E-state index contributed by atoms with van der Waals surface area (Å²) in [6.45, 7) is 2.41. The Balaban J connectivity index is 1.87. The molecule has 0 heterocycles. The molecule has 0 bridgehead atoms. The standard InChI is InChI=1S/C30H36ClN3O5S/c1-4-39-28-18-11-10-17-26(28)34(40(3,37)38)20-12-19-29(35)33(22-24-15-8-9-16-25(24)31)27(30(36)32-2)21-23-13-6-5-7-14-23/h5-11,13-18,27H,4,12,19-22H2,1-3H3,(H,32,36)/t27-/m1/s1. The summed E-state index contributed by atoms with van der Waals surface area (Å²) >= 11 is 6.43. The number of benzene rings is 3. The lowest BCUT2D eigenvalue weighted by Crippen LogP contribution is -2.49. The van der Waals surface area contributed by atoms with Crippen LogP contribution in [0.2, 0.25) is 5.02 Å². The molecule has 3 rings (SSSR count). The third-order valence-electron chi connectivity index (χ3n) is 6.40. The minimum absolute atomic E-state index is 0.0234. The molecule has 0 spiro atoms. The molecule has 40 heavy (non-hydrogen) atoms. The van der Waals surface area contributed by atoms with E-state index in [9.17, 15) is 18.0 Å². The smallest absolute Gasteiger partial charge is 0.242 e. The predicted octanol–water partition coefficient (Wildman–Crippen LogP) is 4.67. The number of amides is 2. The number of nitrogens with one attached hydrogen (secondary N) is 1. The van der Waals surface area contributed by atoms with Crippen LogP contribution in [0.5, 0.6) is 5.75 Å². The van der Waals surface area contributed by atoms with E-state index in [2.05, 4.69) is 5.32 Å². The zero-order valence-corrected chi connectivity index (χ0v) is 24.6. The largest absolute Gasteiger partial charge is 0.492 e. The molecule has 0 radical (unpaired) electrons. The van der Waals surface area contributed by atoms with E-state index in [1.165, 1.54) is 16.3 Å². The maximum atomic E-state index is 13.8. The van der Waals surface area contributed by atoms with Crippen molar-refractivity contribution in [1.29, 1.82) is 0 Å². The summed E-state index contributed by atoms with van der Waals surface area (Å²) in [4.78, 5) is 28.4. The van der Waals surface area contributed by atoms with Crippen molar-refractivity contribution in [2.45, 2.75) is 38.8 Å². The van der Waals surface area contributed by atoms with E-state index in [4.69, 9.17) is 16.3 Å². The highest BCUT2D eigenvalue weighted by Gasteiger charge is 2.30. The van der Waals surface area contributed by atoms with E-state index in [-0.39, 0.29) is 37.7 Å². The van der Waals surface area contributed by atoms with Crippen LogP contribution in [0.3, 0.4) is 0 Å². The van der Waals surface area contributed by atoms with Crippen LogP contribution in [0.25, 0.3) is 0 Å². The Labute approximate surface area is 241 Å². The van der Waals surface area contributed by atoms with Gasteiger partial charge in [-0.25, -0.2) is 8.42 Å². The zero-order valence-electron chi connectivity index (χ0n) is 23.0. The quantitative estimate of drug-likeness (QED) is 0.297. The lowest BCUT2D eigenvalue weighted by Gasteiger charge is -2.32. The molecule has 214 valence electrons. The highest BCUT2D eigenvalue weighted by atomic mass is 35.5. The second-order valence-electron chi connectivity index (χ2n) is 9.27. The lowest BCUT2D eigenvalue weighted by atomic mass is 10.0. The number of hydrogen-bond acceptors (Lipinski definition) is 5. The van der Waals surface area contributed by atoms with Crippen molar-refractivity contribution in [3.05, 3.63) is 95.0 Å². The first kappa shape index (κ1) is 31.0. The Bertz CT molecular complexity index is 1380. The van der Waals surface area contributed by atoms with Crippen LogP contribution in [0, 0.1) is 0 Å². The van der Waals surface area contributed by atoms with Gasteiger partial charge < -0.3 is 15.0 Å². The van der Waals surface area contributed by atoms with Crippen LogP contribution in [0.15, 0.2) is 78.9 Å². The molecule has 0 aliphatic heterocycles. The lowest BCUT2D eigenvalue weighted by molar-refractivity contribution is -0.141. The Morgan fingerprint density at radius 1 is 0.975 bits per heavy atom. The SMILES string of the molecule is CCOc1ccccc1N(CCCC(=O)N(Cc1ccccc1Cl)[C@H](Cc1ccccc1)C(=O)NC)S(C)(=O)=O. The maximum absolute atomic E-state index is 13.8. The normalized spacial score (nSPS) is 11.9. The highest BCUT2D eigenvalue weighted by Crippen LogP contribution is 2.30. The molecule has 1 atom stereocenters. The topological polar surface area (TPSA) is 96.0 Å². The molecule has 10 heteroatoms. The molecule has 3 aromatic carbocycles. The number of carbonyl (C=O) groups is 2. The molecular formula is C30H36ClN3O5S. The van der Waals surface area contributed by atoms with Crippen LogP contribution in [0.1, 0.15) is 30.9 Å². The number of hydrogen-bond donors (Lipinski definition) is 1. The van der Waals surface area contributed by atoms with Crippen molar-refractivity contribution >= 4 is 39.1 Å². The number of likely N-dealkylation sites (N-methyl/N-ethyl adjacent to an activating group) is 1. The number of sulfonamides is 1. The van der Waals surface area contributed by atoms with E-state index < -0.39 is 16.1 Å². The van der Waals surface area contributed by atoms with Gasteiger partial charge in [0.2, 0.25) is 21.8 Å². The van der Waals surface area contributed by atoms with E-state index >= 15 is 0 Å². The zero-order chi connectivity index (χ0) is 29.1. The van der Waals surface area contributed by atoms with Crippen molar-refractivity contribution in [3.8, 4) is 5.75 Å². The fraction of sp³-hybridized carbons (Fsp3) is 0.333. The molecule has 0 aliphatic rings. The van der Waals surface area contributed by atoms with Crippen LogP contribution < -0.4 is 14.4 Å².